The molecule has 1 radical (unpaired) electrons. The monoisotopic (exact) mass is 145 g/mol. The van der Waals surface area contributed by atoms with Crippen LogP contribution >= 0.6 is 0 Å². The summed E-state index contributed by atoms with van der Waals surface area (Å²) in [6, 6.07) is 0. The standard InChI is InChI=1S/3Na.O3Si/c;;;1-4(2)3/q3*+1;-3. The van der Waals surface area contributed by atoms with Gasteiger partial charge in [-0.2, -0.15) is 0 Å². The summed E-state index contributed by atoms with van der Waals surface area (Å²) >= 11 is 0. The average Bonchev–Trinajstić information content (AvgIpc) is 0.811. The van der Waals surface area contributed by atoms with Crippen molar-refractivity contribution in [3.05, 3.63) is 0 Å². The van der Waals surface area contributed by atoms with Gasteiger partial charge in [0.15, 0.2) is 0 Å². The van der Waals surface area contributed by atoms with Crippen molar-refractivity contribution in [1.82, 2.24) is 0 Å². The zero-order valence-corrected chi connectivity index (χ0v) is 11.7. The Hall–Kier alpha value is 3.10. The van der Waals surface area contributed by atoms with Crippen molar-refractivity contribution < 1.29 is 103 Å². The van der Waals surface area contributed by atoms with Crippen LogP contribution in [0.15, 0.2) is 0 Å². The van der Waals surface area contributed by atoms with Crippen molar-refractivity contribution in [2.24, 2.45) is 0 Å². The minimum absolute atomic E-state index is 0. The van der Waals surface area contributed by atoms with Crippen molar-refractivity contribution >= 4 is 9.53 Å². The fourth-order valence-electron chi connectivity index (χ4n) is 0. The first-order valence-corrected chi connectivity index (χ1v) is 1.84. The molecule has 7 heavy (non-hydrogen) atoms. The van der Waals surface area contributed by atoms with Gasteiger partial charge in [-0.1, -0.05) is 0 Å². The molecule has 0 bridgehead atoms. The third-order valence-electron chi connectivity index (χ3n) is 0. The van der Waals surface area contributed by atoms with Gasteiger partial charge in [-0.25, -0.2) is 0 Å². The largest absolute Gasteiger partial charge is 1.00 e. The first kappa shape index (κ1) is 22.5. The molecule has 25 valence electrons. The van der Waals surface area contributed by atoms with E-state index in [1.54, 1.807) is 0 Å². The fraction of sp³-hybridized carbons (Fsp3) is 0. The number of hydrogen-bond acceptors (Lipinski definition) is 3. The Kier molecular flexibility index (Phi) is 51.5. The van der Waals surface area contributed by atoms with Gasteiger partial charge in [0.05, 0.1) is 0 Å². The van der Waals surface area contributed by atoms with Gasteiger partial charge in [0.25, 0.3) is 0 Å². The van der Waals surface area contributed by atoms with E-state index in [0.29, 0.717) is 0 Å². The second kappa shape index (κ2) is 16.0. The molecule has 0 saturated heterocycles. The van der Waals surface area contributed by atoms with E-state index in [2.05, 4.69) is 0 Å². The smallest absolute Gasteiger partial charge is 0.885 e. The molecule has 0 rings (SSSR count). The summed E-state index contributed by atoms with van der Waals surface area (Å²) in [4.78, 5) is 25.6. The molecule has 0 amide bonds. The zero-order chi connectivity index (χ0) is 3.58. The summed E-state index contributed by atoms with van der Waals surface area (Å²) in [6.45, 7) is 0. The van der Waals surface area contributed by atoms with Crippen molar-refractivity contribution in [3.8, 4) is 0 Å². The van der Waals surface area contributed by atoms with Crippen LogP contribution < -0.4 is 103 Å². The molecule has 0 aromatic carbocycles. The third kappa shape index (κ3) is 47.8. The van der Waals surface area contributed by atoms with Gasteiger partial charge in [-0.05, 0) is 0 Å². The first-order valence-electron chi connectivity index (χ1n) is 0.612. The van der Waals surface area contributed by atoms with Crippen LogP contribution in [-0.2, 0) is 0 Å². The van der Waals surface area contributed by atoms with E-state index in [4.69, 9.17) is 14.4 Å². The second-order valence-electron chi connectivity index (χ2n) is 0.250. The van der Waals surface area contributed by atoms with Crippen LogP contribution in [0.2, 0.25) is 0 Å². The van der Waals surface area contributed by atoms with Gasteiger partial charge < -0.3 is 23.9 Å². The van der Waals surface area contributed by atoms with Crippen LogP contribution in [0, 0.1) is 0 Å². The molecule has 0 unspecified atom stereocenters. The Morgan fingerprint density at radius 2 is 0.714 bits per heavy atom. The normalized spacial score (nSPS) is 5.14. The summed E-state index contributed by atoms with van der Waals surface area (Å²) in [5, 5.41) is 0. The van der Waals surface area contributed by atoms with E-state index in [1.807, 2.05) is 0 Å². The average molecular weight is 145 g/mol. The molecule has 0 N–H and O–H groups in total. The third-order valence-corrected chi connectivity index (χ3v) is 0. The van der Waals surface area contributed by atoms with E-state index in [0.717, 1.165) is 0 Å². The Morgan fingerprint density at radius 3 is 0.714 bits per heavy atom. The fourth-order valence-corrected chi connectivity index (χ4v) is 0. The molecule has 0 aromatic heterocycles. The minimum atomic E-state index is -3.63. The SMILES string of the molecule is [Na+].[Na+].[Na+].[O-][Si]([O-])[O-]. The minimum Gasteiger partial charge on any atom is -0.885 e. The van der Waals surface area contributed by atoms with Gasteiger partial charge >= 0.3 is 88.7 Å². The predicted octanol–water partition coefficient (Wildman–Crippen LogP) is -12.9. The van der Waals surface area contributed by atoms with Crippen molar-refractivity contribution in [2.75, 3.05) is 0 Å². The van der Waals surface area contributed by atoms with Gasteiger partial charge in [0.2, 0.25) is 0 Å². The topological polar surface area (TPSA) is 69.2 Å². The molecule has 0 heterocycles. The van der Waals surface area contributed by atoms with E-state index in [-0.39, 0.29) is 88.7 Å². The van der Waals surface area contributed by atoms with E-state index >= 15 is 0 Å². The summed E-state index contributed by atoms with van der Waals surface area (Å²) in [5.41, 5.74) is 0. The van der Waals surface area contributed by atoms with Crippen LogP contribution in [-0.4, -0.2) is 9.53 Å². The molecule has 0 atom stereocenters. The molecular formula is Na3O3Si. The Morgan fingerprint density at radius 1 is 0.714 bits per heavy atom. The maximum absolute atomic E-state index is 8.52. The first-order chi connectivity index (χ1) is 1.73. The van der Waals surface area contributed by atoms with Gasteiger partial charge in [-0.15, -0.1) is 0 Å². The molecular weight excluding hydrogens is 145 g/mol. The zero-order valence-electron chi connectivity index (χ0n) is 4.72. The molecule has 0 saturated carbocycles. The molecule has 3 nitrogen and oxygen atoms in total. The Bertz CT molecular complexity index is 14.9. The maximum atomic E-state index is 8.52. The van der Waals surface area contributed by atoms with E-state index < -0.39 is 9.53 Å². The molecule has 0 aromatic rings. The molecule has 0 spiro atoms. The van der Waals surface area contributed by atoms with Crippen LogP contribution in [0.5, 0.6) is 0 Å². The Labute approximate surface area is 110 Å². The molecule has 0 aliphatic rings. The van der Waals surface area contributed by atoms with Crippen molar-refractivity contribution in [3.63, 3.8) is 0 Å². The van der Waals surface area contributed by atoms with Gasteiger partial charge in [0.1, 0.15) is 0 Å². The van der Waals surface area contributed by atoms with Gasteiger partial charge in [-0.3, -0.25) is 0 Å². The number of rotatable bonds is 0. The summed E-state index contributed by atoms with van der Waals surface area (Å²) in [7, 11) is -3.63. The van der Waals surface area contributed by atoms with Crippen LogP contribution in [0.3, 0.4) is 0 Å². The maximum Gasteiger partial charge on any atom is 1.00 e. The molecule has 7 heteroatoms. The van der Waals surface area contributed by atoms with Crippen molar-refractivity contribution in [1.29, 1.82) is 0 Å². The Balaban J connectivity index is -0.0000000150. The van der Waals surface area contributed by atoms with E-state index in [9.17, 15) is 0 Å². The summed E-state index contributed by atoms with van der Waals surface area (Å²) in [5.74, 6) is 0. The summed E-state index contributed by atoms with van der Waals surface area (Å²) < 4.78 is 0. The molecule has 0 aliphatic heterocycles. The number of hydrogen-bond donors (Lipinski definition) is 0. The quantitative estimate of drug-likeness (QED) is 0.318. The van der Waals surface area contributed by atoms with Crippen LogP contribution in [0.1, 0.15) is 0 Å². The van der Waals surface area contributed by atoms with E-state index in [1.165, 1.54) is 0 Å². The molecule has 0 fully saturated rings. The van der Waals surface area contributed by atoms with Gasteiger partial charge in [0, 0.05) is 0 Å². The predicted molar refractivity (Wildman–Crippen MR) is 5.75 cm³/mol. The van der Waals surface area contributed by atoms with Crippen LogP contribution in [0.4, 0.5) is 0 Å². The molecule has 0 aliphatic carbocycles. The second-order valence-corrected chi connectivity index (χ2v) is 0.750. The summed E-state index contributed by atoms with van der Waals surface area (Å²) in [6.07, 6.45) is 0. The van der Waals surface area contributed by atoms with Crippen LogP contribution in [0.25, 0.3) is 0 Å². The van der Waals surface area contributed by atoms with Crippen molar-refractivity contribution in [2.45, 2.75) is 0 Å².